The van der Waals surface area contributed by atoms with Crippen molar-refractivity contribution in [2.24, 2.45) is 0 Å². The Kier molecular flexibility index (Phi) is 2.96. The summed E-state index contributed by atoms with van der Waals surface area (Å²) in [6, 6.07) is 5.78. The van der Waals surface area contributed by atoms with Crippen LogP contribution in [-0.4, -0.2) is 11.3 Å². The monoisotopic (exact) mass is 202 g/mol. The summed E-state index contributed by atoms with van der Waals surface area (Å²) in [6.45, 7) is 2.54. The Balaban J connectivity index is 3.13. The fraction of sp³-hybridized carbons (Fsp3) is 0.200. The lowest BCUT2D eigenvalue weighted by atomic mass is 10.0. The third-order valence-corrected chi connectivity index (χ3v) is 1.86. The fourth-order valence-electron chi connectivity index (χ4n) is 1.11. The molecule has 14 heavy (non-hydrogen) atoms. The largest absolute Gasteiger partial charge is 0.416 e. The first kappa shape index (κ1) is 10.8. The van der Waals surface area contributed by atoms with Crippen molar-refractivity contribution in [3.63, 3.8) is 0 Å². The minimum absolute atomic E-state index is 0.0532. The molecular weight excluding hydrogens is 193 g/mol. The van der Waals surface area contributed by atoms with Crippen molar-refractivity contribution in [1.29, 1.82) is 0 Å². The Labute approximate surface area is 79.5 Å². The molecule has 76 valence electrons. The molecular formula is C10H9F3O. The van der Waals surface area contributed by atoms with Crippen LogP contribution in [0.25, 0.3) is 5.57 Å². The van der Waals surface area contributed by atoms with Crippen LogP contribution >= 0.6 is 0 Å². The summed E-state index contributed by atoms with van der Waals surface area (Å²) in [4.78, 5) is 0. The molecule has 1 aromatic carbocycles. The number of aliphatic hydroxyl groups excluding tert-OH is 1. The maximum Gasteiger partial charge on any atom is 0.416 e. The molecule has 0 aromatic heterocycles. The molecule has 0 atom stereocenters. The molecule has 0 aliphatic rings. The quantitative estimate of drug-likeness (QED) is 0.781. The zero-order chi connectivity index (χ0) is 10.8. The van der Waals surface area contributed by atoms with Gasteiger partial charge in [-0.05, 0) is 11.1 Å². The van der Waals surface area contributed by atoms with Crippen LogP contribution in [0.4, 0.5) is 13.2 Å². The molecule has 0 spiro atoms. The SMILES string of the molecule is C=C(c1ccccc1CO)C(F)(F)F. The van der Waals surface area contributed by atoms with E-state index in [1.54, 1.807) is 6.07 Å². The van der Waals surface area contributed by atoms with Crippen LogP contribution < -0.4 is 0 Å². The predicted octanol–water partition coefficient (Wildman–Crippen LogP) is 2.75. The van der Waals surface area contributed by atoms with Gasteiger partial charge in [0.25, 0.3) is 0 Å². The van der Waals surface area contributed by atoms with Crippen molar-refractivity contribution in [1.82, 2.24) is 0 Å². The van der Waals surface area contributed by atoms with Gasteiger partial charge in [0.15, 0.2) is 0 Å². The topological polar surface area (TPSA) is 20.2 Å². The summed E-state index contributed by atoms with van der Waals surface area (Å²) < 4.78 is 36.8. The first-order chi connectivity index (χ1) is 6.46. The minimum Gasteiger partial charge on any atom is -0.392 e. The van der Waals surface area contributed by atoms with Crippen LogP contribution in [0, 0.1) is 0 Å². The lowest BCUT2D eigenvalue weighted by Gasteiger charge is -2.12. The van der Waals surface area contributed by atoms with Gasteiger partial charge in [-0.3, -0.25) is 0 Å². The number of allylic oxidation sites excluding steroid dienone is 1. The van der Waals surface area contributed by atoms with Crippen molar-refractivity contribution in [3.05, 3.63) is 42.0 Å². The summed E-state index contributed by atoms with van der Waals surface area (Å²) in [5, 5.41) is 8.82. The van der Waals surface area contributed by atoms with E-state index < -0.39 is 18.4 Å². The molecule has 1 rings (SSSR count). The first-order valence-electron chi connectivity index (χ1n) is 3.92. The molecule has 0 amide bonds. The van der Waals surface area contributed by atoms with E-state index in [9.17, 15) is 13.2 Å². The molecule has 0 radical (unpaired) electrons. The van der Waals surface area contributed by atoms with Crippen LogP contribution in [0.5, 0.6) is 0 Å². The Morgan fingerprint density at radius 3 is 2.36 bits per heavy atom. The average Bonchev–Trinajstić information content (AvgIpc) is 2.15. The third kappa shape index (κ3) is 2.14. The molecule has 0 saturated heterocycles. The van der Waals surface area contributed by atoms with Crippen LogP contribution in [0.3, 0.4) is 0 Å². The maximum absolute atomic E-state index is 12.3. The highest BCUT2D eigenvalue weighted by molar-refractivity contribution is 5.69. The fourth-order valence-corrected chi connectivity index (χ4v) is 1.11. The number of hydrogen-bond acceptors (Lipinski definition) is 1. The predicted molar refractivity (Wildman–Crippen MR) is 47.5 cm³/mol. The van der Waals surface area contributed by atoms with Crippen molar-refractivity contribution in [2.45, 2.75) is 12.8 Å². The van der Waals surface area contributed by atoms with Gasteiger partial charge in [0.2, 0.25) is 0 Å². The van der Waals surface area contributed by atoms with Crippen LogP contribution in [0.15, 0.2) is 30.8 Å². The van der Waals surface area contributed by atoms with Crippen LogP contribution in [0.1, 0.15) is 11.1 Å². The summed E-state index contributed by atoms with van der Waals surface area (Å²) in [7, 11) is 0. The van der Waals surface area contributed by atoms with Crippen molar-refractivity contribution < 1.29 is 18.3 Å². The van der Waals surface area contributed by atoms with Crippen LogP contribution in [-0.2, 0) is 6.61 Å². The Morgan fingerprint density at radius 1 is 1.29 bits per heavy atom. The molecule has 0 aliphatic carbocycles. The molecule has 0 fully saturated rings. The number of halogens is 3. The zero-order valence-electron chi connectivity index (χ0n) is 7.30. The number of hydrogen-bond donors (Lipinski definition) is 1. The van der Waals surface area contributed by atoms with E-state index in [4.69, 9.17) is 5.11 Å². The molecule has 1 nitrogen and oxygen atoms in total. The first-order valence-corrected chi connectivity index (χ1v) is 3.92. The number of alkyl halides is 3. The zero-order valence-corrected chi connectivity index (χ0v) is 7.30. The minimum atomic E-state index is -4.45. The number of rotatable bonds is 2. The van der Waals surface area contributed by atoms with Gasteiger partial charge in [0.1, 0.15) is 0 Å². The van der Waals surface area contributed by atoms with E-state index in [0.29, 0.717) is 0 Å². The highest BCUT2D eigenvalue weighted by atomic mass is 19.4. The molecule has 1 N–H and O–H groups in total. The molecule has 0 saturated carbocycles. The van der Waals surface area contributed by atoms with Crippen LogP contribution in [0.2, 0.25) is 0 Å². The number of aliphatic hydroxyl groups is 1. The van der Waals surface area contributed by atoms with Gasteiger partial charge in [-0.1, -0.05) is 30.8 Å². The van der Waals surface area contributed by atoms with Gasteiger partial charge in [-0.15, -0.1) is 0 Å². The summed E-state index contributed by atoms with van der Waals surface area (Å²) in [6.07, 6.45) is -4.45. The van der Waals surface area contributed by atoms with E-state index >= 15 is 0 Å². The molecule has 0 bridgehead atoms. The van der Waals surface area contributed by atoms with E-state index in [1.165, 1.54) is 18.2 Å². The van der Waals surface area contributed by atoms with Crippen molar-refractivity contribution in [3.8, 4) is 0 Å². The number of benzene rings is 1. The summed E-state index contributed by atoms with van der Waals surface area (Å²) in [5.74, 6) is 0. The van der Waals surface area contributed by atoms with Gasteiger partial charge in [-0.25, -0.2) is 0 Å². The second-order valence-electron chi connectivity index (χ2n) is 2.79. The van der Waals surface area contributed by atoms with Gasteiger partial charge >= 0.3 is 6.18 Å². The lowest BCUT2D eigenvalue weighted by Crippen LogP contribution is -2.11. The average molecular weight is 202 g/mol. The molecule has 0 unspecified atom stereocenters. The molecule has 4 heteroatoms. The second kappa shape index (κ2) is 3.84. The smallest absolute Gasteiger partial charge is 0.392 e. The summed E-state index contributed by atoms with van der Waals surface area (Å²) >= 11 is 0. The standard InChI is InChI=1S/C10H9F3O/c1-7(10(11,12)13)9-5-3-2-4-8(9)6-14/h2-5,14H,1,6H2. The van der Waals surface area contributed by atoms with Gasteiger partial charge in [0, 0.05) is 0 Å². The van der Waals surface area contributed by atoms with Crippen molar-refractivity contribution in [2.75, 3.05) is 0 Å². The molecule has 1 aromatic rings. The van der Waals surface area contributed by atoms with Gasteiger partial charge < -0.3 is 5.11 Å². The Hall–Kier alpha value is -1.29. The third-order valence-electron chi connectivity index (χ3n) is 1.86. The van der Waals surface area contributed by atoms with E-state index in [0.717, 1.165) is 0 Å². The van der Waals surface area contributed by atoms with E-state index in [-0.39, 0.29) is 11.1 Å². The normalized spacial score (nSPS) is 11.4. The Morgan fingerprint density at radius 2 is 1.86 bits per heavy atom. The summed E-state index contributed by atoms with van der Waals surface area (Å²) in [5.41, 5.74) is -0.750. The molecule has 0 heterocycles. The molecule has 0 aliphatic heterocycles. The van der Waals surface area contributed by atoms with Gasteiger partial charge in [-0.2, -0.15) is 13.2 Å². The Bertz CT molecular complexity index is 341. The van der Waals surface area contributed by atoms with Gasteiger partial charge in [0.05, 0.1) is 12.2 Å². The van der Waals surface area contributed by atoms with E-state index in [1.807, 2.05) is 0 Å². The maximum atomic E-state index is 12.3. The second-order valence-corrected chi connectivity index (χ2v) is 2.79. The van der Waals surface area contributed by atoms with Crippen molar-refractivity contribution >= 4 is 5.57 Å². The lowest BCUT2D eigenvalue weighted by molar-refractivity contribution is -0.0687. The highest BCUT2D eigenvalue weighted by Gasteiger charge is 2.33. The van der Waals surface area contributed by atoms with E-state index in [2.05, 4.69) is 6.58 Å². The highest BCUT2D eigenvalue weighted by Crippen LogP contribution is 2.33.